The maximum absolute atomic E-state index is 15.4. The zero-order valence-corrected chi connectivity index (χ0v) is 39.4. The number of allylic oxidation sites excluding steroid dienone is 4. The van der Waals surface area contributed by atoms with Crippen LogP contribution in [0.3, 0.4) is 0 Å². The highest BCUT2D eigenvalue weighted by Gasteiger charge is 2.44. The lowest BCUT2D eigenvalue weighted by atomic mass is 9.99. The van der Waals surface area contributed by atoms with Gasteiger partial charge in [0.2, 0.25) is 0 Å². The minimum atomic E-state index is -4.99. The molecule has 6 aliphatic rings. The van der Waals surface area contributed by atoms with Crippen molar-refractivity contribution in [3.05, 3.63) is 188 Å². The number of hydrogen-bond donors (Lipinski definition) is 4. The Bertz CT molecular complexity index is 3060. The summed E-state index contributed by atoms with van der Waals surface area (Å²) in [4.78, 5) is 32.7. The van der Waals surface area contributed by atoms with Gasteiger partial charge in [-0.3, -0.25) is 19.4 Å². The highest BCUT2D eigenvalue weighted by atomic mass is 19.4. The van der Waals surface area contributed by atoms with Crippen molar-refractivity contribution in [2.24, 2.45) is 0 Å². The average Bonchev–Trinajstić information content (AvgIpc) is 3.36. The van der Waals surface area contributed by atoms with Crippen LogP contribution < -0.4 is 31.1 Å². The molecule has 4 aromatic carbocycles. The number of fused-ring (bicyclic) bond motifs is 14. The van der Waals surface area contributed by atoms with Gasteiger partial charge in [-0.1, -0.05) is 33.1 Å². The second-order valence-corrected chi connectivity index (χ2v) is 17.2. The topological polar surface area (TPSA) is 95.2 Å². The minimum absolute atomic E-state index is 0.0492. The first-order valence-electron chi connectivity index (χ1n) is 22.9. The predicted molar refractivity (Wildman–Crippen MR) is 252 cm³/mol. The largest absolute Gasteiger partial charge is 0.419 e. The van der Waals surface area contributed by atoms with E-state index in [4.69, 9.17) is 0 Å². The van der Waals surface area contributed by atoms with E-state index in [0.29, 0.717) is 119 Å². The summed E-state index contributed by atoms with van der Waals surface area (Å²) in [6.45, 7) is 16.0. The molecule has 10 nitrogen and oxygen atoms in total. The van der Waals surface area contributed by atoms with Gasteiger partial charge in [0.15, 0.2) is 0 Å². The van der Waals surface area contributed by atoms with Crippen molar-refractivity contribution in [1.29, 1.82) is 0 Å². The van der Waals surface area contributed by atoms with Crippen LogP contribution in [0.1, 0.15) is 83.5 Å². The molecule has 0 spiro atoms. The molecule has 10 rings (SSSR count). The first-order valence-corrected chi connectivity index (χ1v) is 22.9. The van der Waals surface area contributed by atoms with Crippen LogP contribution in [0, 0.1) is 23.3 Å². The summed E-state index contributed by atoms with van der Waals surface area (Å²) >= 11 is 0. The first-order chi connectivity index (χ1) is 34.1. The Morgan fingerprint density at radius 1 is 0.583 bits per heavy atom. The molecule has 6 heterocycles. The molecule has 0 saturated heterocycles. The van der Waals surface area contributed by atoms with Crippen LogP contribution in [-0.2, 0) is 25.2 Å². The molecule has 0 aliphatic carbocycles. The Hall–Kier alpha value is -7.64. The monoisotopic (exact) mass is 1010 g/mol. The van der Waals surface area contributed by atoms with Gasteiger partial charge in [0.1, 0.15) is 53.8 Å². The molecule has 2 amide bonds. The third-order valence-corrected chi connectivity index (χ3v) is 12.7. The SMILES string of the molecule is C=C1NC2=C(C=C1C)N1CN(c3ccc(F)cc3CCCN2)c2cc(C(F)(F)F)c(F)cc2C1=O.C=C1NC2=C(C=C1C)N1CN(c3cccc(F)c3CCCN2)c2ccc(C(F)(F)F)c(F)c2C1=O.CC. The molecule has 72 heavy (non-hydrogen) atoms. The van der Waals surface area contributed by atoms with Crippen LogP contribution in [0.4, 0.5) is 66.7 Å². The van der Waals surface area contributed by atoms with Gasteiger partial charge >= 0.3 is 12.4 Å². The van der Waals surface area contributed by atoms with Crippen LogP contribution in [-0.4, -0.2) is 48.0 Å². The van der Waals surface area contributed by atoms with Crippen molar-refractivity contribution in [1.82, 2.24) is 31.1 Å². The summed E-state index contributed by atoms with van der Waals surface area (Å²) in [5.74, 6) is -4.84. The normalized spacial score (nSPS) is 17.6. The number of alkyl halides is 6. The number of nitrogens with one attached hydrogen (secondary N) is 4. The molecule has 0 atom stereocenters. The highest BCUT2D eigenvalue weighted by molar-refractivity contribution is 6.05. The molecule has 0 aromatic heterocycles. The predicted octanol–water partition coefficient (Wildman–Crippen LogP) is 11.6. The average molecular weight is 1010 g/mol. The number of dihydropyridines is 2. The van der Waals surface area contributed by atoms with Gasteiger partial charge in [-0.15, -0.1) is 0 Å². The number of benzene rings is 4. The minimum Gasteiger partial charge on any atom is -0.370 e. The van der Waals surface area contributed by atoms with E-state index >= 15 is 4.39 Å². The van der Waals surface area contributed by atoms with Crippen molar-refractivity contribution in [2.75, 3.05) is 36.2 Å². The molecule has 0 saturated carbocycles. The lowest BCUT2D eigenvalue weighted by molar-refractivity contribution is -0.140. The fraction of sp³-hybridized carbons (Fsp3) is 0.269. The molecule has 378 valence electrons. The third-order valence-electron chi connectivity index (χ3n) is 12.7. The standard InChI is InChI=1S/2C25H21F5N4O.C2H6/c1-13-11-20-23(32-14(13)2)31-10-4-5-15-17(26)6-3-7-18(15)33-12-34(20)24(35)21-19(33)9-8-16(22(21)27)25(28,29)30;1-13-8-22-23(32-14(13)2)31-7-3-4-15-9-16(26)5-6-20(15)33-12-34(22)24(35)17-10-19(27)18(11-21(17)33)25(28,29)30;1-2/h3,6-9,11,31-32H,2,4-5,10,12H2,1H3;5-6,8-11,31-32H,2-4,7,12H2,1H3;1-2H3. The number of hydrogen-bond acceptors (Lipinski definition) is 8. The Labute approximate surface area is 408 Å². The lowest BCUT2D eigenvalue weighted by Gasteiger charge is -2.40. The summed E-state index contributed by atoms with van der Waals surface area (Å²) in [6, 6.07) is 11.4. The molecule has 4 N–H and O–H groups in total. The second-order valence-electron chi connectivity index (χ2n) is 17.2. The van der Waals surface area contributed by atoms with Crippen LogP contribution in [0.25, 0.3) is 0 Å². The number of anilines is 4. The maximum atomic E-state index is 15.4. The van der Waals surface area contributed by atoms with Crippen LogP contribution in [0.2, 0.25) is 0 Å². The van der Waals surface area contributed by atoms with Crippen molar-refractivity contribution in [3.63, 3.8) is 0 Å². The van der Waals surface area contributed by atoms with Gasteiger partial charge in [0, 0.05) is 41.4 Å². The van der Waals surface area contributed by atoms with Crippen LogP contribution in [0.15, 0.2) is 132 Å². The number of nitrogens with zero attached hydrogens (tertiary/aromatic N) is 4. The lowest BCUT2D eigenvalue weighted by Crippen LogP contribution is -2.47. The van der Waals surface area contributed by atoms with E-state index in [9.17, 15) is 49.1 Å². The summed E-state index contributed by atoms with van der Waals surface area (Å²) in [6.07, 6.45) is -4.70. The number of carbonyl (C=O) groups is 2. The Morgan fingerprint density at radius 3 is 1.74 bits per heavy atom. The zero-order chi connectivity index (χ0) is 52.1. The van der Waals surface area contributed by atoms with Gasteiger partial charge in [-0.05, 0) is 123 Å². The second kappa shape index (κ2) is 19.5. The Balaban J connectivity index is 0.000000186. The van der Waals surface area contributed by atoms with Crippen LogP contribution in [0.5, 0.6) is 0 Å². The van der Waals surface area contributed by atoms with E-state index in [1.54, 1.807) is 32.1 Å². The fourth-order valence-corrected chi connectivity index (χ4v) is 9.10. The number of carbonyl (C=O) groups excluding carboxylic acids is 2. The number of halogens is 10. The highest BCUT2D eigenvalue weighted by Crippen LogP contribution is 2.45. The molecular formula is C52H48F10N8O2. The molecule has 0 unspecified atom stereocenters. The molecular weight excluding hydrogens is 959 g/mol. The maximum Gasteiger partial charge on any atom is 0.419 e. The Morgan fingerprint density at radius 2 is 1.14 bits per heavy atom. The molecule has 0 radical (unpaired) electrons. The summed E-state index contributed by atoms with van der Waals surface area (Å²) < 4.78 is 140. The van der Waals surface area contributed by atoms with Crippen molar-refractivity contribution in [3.8, 4) is 0 Å². The smallest absolute Gasteiger partial charge is 0.370 e. The summed E-state index contributed by atoms with van der Waals surface area (Å²) in [5, 5.41) is 12.6. The fourth-order valence-electron chi connectivity index (χ4n) is 9.10. The van der Waals surface area contributed by atoms with E-state index in [2.05, 4.69) is 34.4 Å². The van der Waals surface area contributed by atoms with Crippen molar-refractivity contribution in [2.45, 2.75) is 65.7 Å². The molecule has 4 aromatic rings. The van der Waals surface area contributed by atoms with E-state index in [-0.39, 0.29) is 30.3 Å². The Kier molecular flexibility index (Phi) is 13.8. The first kappa shape index (κ1) is 50.7. The van der Waals surface area contributed by atoms with Gasteiger partial charge < -0.3 is 31.1 Å². The quantitative estimate of drug-likeness (QED) is 0.129. The number of rotatable bonds is 0. The molecule has 4 bridgehead atoms. The summed E-state index contributed by atoms with van der Waals surface area (Å²) in [5.41, 5.74) is 1.04. The van der Waals surface area contributed by atoms with E-state index in [1.165, 1.54) is 49.9 Å². The van der Waals surface area contributed by atoms with Gasteiger partial charge in [-0.2, -0.15) is 26.3 Å². The van der Waals surface area contributed by atoms with Gasteiger partial charge in [0.05, 0.1) is 39.5 Å². The van der Waals surface area contributed by atoms with E-state index in [1.807, 2.05) is 13.8 Å². The number of aryl methyl sites for hydroxylation is 1. The zero-order valence-electron chi connectivity index (χ0n) is 39.4. The molecule has 6 aliphatic heterocycles. The molecule has 0 fully saturated rings. The number of amides is 2. The summed E-state index contributed by atoms with van der Waals surface area (Å²) in [7, 11) is 0. The van der Waals surface area contributed by atoms with Gasteiger partial charge in [-0.25, -0.2) is 17.6 Å². The van der Waals surface area contributed by atoms with Gasteiger partial charge in [0.25, 0.3) is 11.8 Å². The third kappa shape index (κ3) is 9.36. The van der Waals surface area contributed by atoms with Crippen molar-refractivity contribution >= 4 is 34.6 Å². The van der Waals surface area contributed by atoms with E-state index in [0.717, 1.165) is 11.6 Å². The van der Waals surface area contributed by atoms with Crippen LogP contribution >= 0.6 is 0 Å². The van der Waals surface area contributed by atoms with Crippen molar-refractivity contribution < 1.29 is 53.5 Å². The van der Waals surface area contributed by atoms with E-state index < -0.39 is 64.1 Å². The molecule has 20 heteroatoms.